The van der Waals surface area contributed by atoms with Crippen LogP contribution in [0.1, 0.15) is 30.9 Å². The largest absolute Gasteiger partial charge is 0.354 e. The highest BCUT2D eigenvalue weighted by Crippen LogP contribution is 2.21. The second kappa shape index (κ2) is 13.8. The SMILES string of the molecule is CCCCNC(=O)[C@H](Cc1ccccc1)N(Cc1ccccc1F)C(=O)CN(c1cccc(F)c1)S(C)(=O)=O. The zero-order chi connectivity index (χ0) is 28.4. The number of hydrogen-bond donors (Lipinski definition) is 1. The van der Waals surface area contributed by atoms with Crippen molar-refractivity contribution in [3.8, 4) is 0 Å². The number of anilines is 1. The van der Waals surface area contributed by atoms with E-state index in [9.17, 15) is 26.8 Å². The fraction of sp³-hybridized carbons (Fsp3) is 0.310. The summed E-state index contributed by atoms with van der Waals surface area (Å²) in [6.45, 7) is 1.39. The van der Waals surface area contributed by atoms with Crippen molar-refractivity contribution in [3.63, 3.8) is 0 Å². The van der Waals surface area contributed by atoms with Crippen LogP contribution in [0, 0.1) is 11.6 Å². The second-order valence-electron chi connectivity index (χ2n) is 9.21. The van der Waals surface area contributed by atoms with Gasteiger partial charge in [0.15, 0.2) is 0 Å². The average molecular weight is 558 g/mol. The molecule has 0 aromatic heterocycles. The molecule has 2 amide bonds. The average Bonchev–Trinajstić information content (AvgIpc) is 2.90. The maximum atomic E-state index is 14.7. The Morgan fingerprint density at radius 2 is 1.64 bits per heavy atom. The number of amides is 2. The minimum absolute atomic E-state index is 0.0382. The van der Waals surface area contributed by atoms with Gasteiger partial charge in [-0.3, -0.25) is 13.9 Å². The zero-order valence-electron chi connectivity index (χ0n) is 22.0. The van der Waals surface area contributed by atoms with Crippen LogP contribution in [0.5, 0.6) is 0 Å². The number of nitrogens with zero attached hydrogens (tertiary/aromatic N) is 2. The molecule has 208 valence electrons. The minimum Gasteiger partial charge on any atom is -0.354 e. The highest BCUT2D eigenvalue weighted by molar-refractivity contribution is 7.92. The molecular weight excluding hydrogens is 524 g/mol. The lowest BCUT2D eigenvalue weighted by atomic mass is 10.0. The van der Waals surface area contributed by atoms with Gasteiger partial charge in [-0.1, -0.05) is 67.9 Å². The van der Waals surface area contributed by atoms with Gasteiger partial charge in [-0.25, -0.2) is 17.2 Å². The second-order valence-corrected chi connectivity index (χ2v) is 11.1. The summed E-state index contributed by atoms with van der Waals surface area (Å²) in [6.07, 6.45) is 2.61. The molecule has 3 rings (SSSR count). The summed E-state index contributed by atoms with van der Waals surface area (Å²) in [4.78, 5) is 28.5. The molecule has 0 unspecified atom stereocenters. The number of sulfonamides is 1. The molecular formula is C29H33F2N3O4S. The summed E-state index contributed by atoms with van der Waals surface area (Å²) in [5, 5.41) is 2.85. The first-order valence-corrected chi connectivity index (χ1v) is 14.5. The van der Waals surface area contributed by atoms with Gasteiger partial charge in [0.2, 0.25) is 21.8 Å². The van der Waals surface area contributed by atoms with Gasteiger partial charge in [0.25, 0.3) is 0 Å². The maximum Gasteiger partial charge on any atom is 0.244 e. The van der Waals surface area contributed by atoms with Crippen molar-refractivity contribution in [3.05, 3.63) is 102 Å². The van der Waals surface area contributed by atoms with Crippen LogP contribution >= 0.6 is 0 Å². The lowest BCUT2D eigenvalue weighted by Gasteiger charge is -2.33. The lowest BCUT2D eigenvalue weighted by Crippen LogP contribution is -2.53. The first-order chi connectivity index (χ1) is 18.6. The Labute approximate surface area is 228 Å². The minimum atomic E-state index is -4.02. The van der Waals surface area contributed by atoms with Crippen LogP contribution < -0.4 is 9.62 Å². The smallest absolute Gasteiger partial charge is 0.244 e. The Bertz CT molecular complexity index is 1370. The summed E-state index contributed by atoms with van der Waals surface area (Å²) in [6, 6.07) is 18.8. The van der Waals surface area contributed by atoms with Gasteiger partial charge < -0.3 is 10.2 Å². The normalized spacial score (nSPS) is 12.0. The molecule has 3 aromatic carbocycles. The summed E-state index contributed by atoms with van der Waals surface area (Å²) in [5.41, 5.74) is 0.898. The number of halogens is 2. The number of hydrogen-bond acceptors (Lipinski definition) is 4. The van der Waals surface area contributed by atoms with Crippen molar-refractivity contribution in [2.24, 2.45) is 0 Å². The third-order valence-corrected chi connectivity index (χ3v) is 7.32. The van der Waals surface area contributed by atoms with Crippen LogP contribution in [0.15, 0.2) is 78.9 Å². The summed E-state index contributed by atoms with van der Waals surface area (Å²) in [5.74, 6) is -2.41. The number of rotatable bonds is 13. The predicted octanol–water partition coefficient (Wildman–Crippen LogP) is 4.29. The van der Waals surface area contributed by atoms with Gasteiger partial charge in [0.05, 0.1) is 11.9 Å². The van der Waals surface area contributed by atoms with E-state index in [-0.39, 0.29) is 24.2 Å². The number of nitrogens with one attached hydrogen (secondary N) is 1. The van der Waals surface area contributed by atoms with Crippen LogP contribution in [0.3, 0.4) is 0 Å². The van der Waals surface area contributed by atoms with Crippen LogP contribution in [-0.4, -0.2) is 50.5 Å². The van der Waals surface area contributed by atoms with Crippen LogP contribution in [-0.2, 0) is 32.6 Å². The molecule has 1 atom stereocenters. The number of unbranched alkanes of at least 4 members (excludes halogenated alkanes) is 1. The van der Waals surface area contributed by atoms with Gasteiger partial charge in [0.1, 0.15) is 24.2 Å². The molecule has 7 nitrogen and oxygen atoms in total. The van der Waals surface area contributed by atoms with E-state index >= 15 is 0 Å². The van der Waals surface area contributed by atoms with Crippen molar-refractivity contribution in [2.45, 2.75) is 38.8 Å². The molecule has 3 aromatic rings. The molecule has 0 spiro atoms. The van der Waals surface area contributed by atoms with E-state index < -0.39 is 46.1 Å². The van der Waals surface area contributed by atoms with Crippen LogP contribution in [0.2, 0.25) is 0 Å². The summed E-state index contributed by atoms with van der Waals surface area (Å²) < 4.78 is 54.8. The van der Waals surface area contributed by atoms with Gasteiger partial charge in [0, 0.05) is 25.1 Å². The maximum absolute atomic E-state index is 14.7. The van der Waals surface area contributed by atoms with Crippen LogP contribution in [0.4, 0.5) is 14.5 Å². The van der Waals surface area contributed by atoms with Gasteiger partial charge in [-0.15, -0.1) is 0 Å². The van der Waals surface area contributed by atoms with E-state index in [4.69, 9.17) is 0 Å². The Kier molecular flexibility index (Phi) is 10.6. The molecule has 0 saturated heterocycles. The van der Waals surface area contributed by atoms with E-state index in [1.807, 2.05) is 25.1 Å². The fourth-order valence-electron chi connectivity index (χ4n) is 4.12. The van der Waals surface area contributed by atoms with E-state index in [1.165, 1.54) is 35.2 Å². The predicted molar refractivity (Wildman–Crippen MR) is 147 cm³/mol. The molecule has 0 aliphatic rings. The Hall–Kier alpha value is -3.79. The third-order valence-electron chi connectivity index (χ3n) is 6.17. The van der Waals surface area contributed by atoms with Gasteiger partial charge >= 0.3 is 0 Å². The van der Waals surface area contributed by atoms with Crippen LogP contribution in [0.25, 0.3) is 0 Å². The van der Waals surface area contributed by atoms with E-state index in [2.05, 4.69) is 5.32 Å². The summed E-state index contributed by atoms with van der Waals surface area (Å²) in [7, 11) is -4.02. The van der Waals surface area contributed by atoms with Crippen molar-refractivity contribution in [2.75, 3.05) is 23.7 Å². The Morgan fingerprint density at radius 1 is 0.949 bits per heavy atom. The first-order valence-electron chi connectivity index (χ1n) is 12.7. The third kappa shape index (κ3) is 8.61. The fourth-order valence-corrected chi connectivity index (χ4v) is 4.96. The highest BCUT2D eigenvalue weighted by atomic mass is 32.2. The molecule has 0 bridgehead atoms. The summed E-state index contributed by atoms with van der Waals surface area (Å²) >= 11 is 0. The van der Waals surface area contributed by atoms with E-state index in [0.717, 1.165) is 41.1 Å². The molecule has 0 fully saturated rings. The Balaban J connectivity index is 2.04. The van der Waals surface area contributed by atoms with Gasteiger partial charge in [-0.05, 0) is 36.2 Å². The molecule has 0 radical (unpaired) electrons. The molecule has 0 saturated carbocycles. The van der Waals surface area contributed by atoms with E-state index in [1.54, 1.807) is 18.2 Å². The lowest BCUT2D eigenvalue weighted by molar-refractivity contribution is -0.140. The number of benzene rings is 3. The van der Waals surface area contributed by atoms with Gasteiger partial charge in [-0.2, -0.15) is 0 Å². The standard InChI is InChI=1S/C29H33F2N3O4S/c1-3-4-17-32-29(36)27(18-22-11-6-5-7-12-22)33(20-23-13-8-9-16-26(23)31)28(35)21-34(39(2,37)38)25-15-10-14-24(30)19-25/h5-16,19,27H,3-4,17-18,20-21H2,1-2H3,(H,32,36)/t27-/m0/s1. The first kappa shape index (κ1) is 29.8. The quantitative estimate of drug-likeness (QED) is 0.318. The number of carbonyl (C=O) groups excluding carboxylic acids is 2. The molecule has 0 aliphatic carbocycles. The molecule has 10 heteroatoms. The molecule has 0 heterocycles. The monoisotopic (exact) mass is 557 g/mol. The number of carbonyl (C=O) groups is 2. The molecule has 39 heavy (non-hydrogen) atoms. The topological polar surface area (TPSA) is 86.8 Å². The Morgan fingerprint density at radius 3 is 2.28 bits per heavy atom. The molecule has 1 N–H and O–H groups in total. The van der Waals surface area contributed by atoms with Crippen molar-refractivity contribution in [1.29, 1.82) is 0 Å². The molecule has 0 aliphatic heterocycles. The van der Waals surface area contributed by atoms with Crippen molar-refractivity contribution in [1.82, 2.24) is 10.2 Å². The van der Waals surface area contributed by atoms with E-state index in [0.29, 0.717) is 6.54 Å². The zero-order valence-corrected chi connectivity index (χ0v) is 22.8. The van der Waals surface area contributed by atoms with Crippen molar-refractivity contribution >= 4 is 27.5 Å². The van der Waals surface area contributed by atoms with Crippen molar-refractivity contribution < 1.29 is 26.8 Å². The highest BCUT2D eigenvalue weighted by Gasteiger charge is 2.33.